The maximum atomic E-state index is 5.67. The Morgan fingerprint density at radius 1 is 1.44 bits per heavy atom. The minimum atomic E-state index is 0.390. The predicted molar refractivity (Wildman–Crippen MR) is 75.4 cm³/mol. The Morgan fingerprint density at radius 2 is 2.28 bits per heavy atom. The first kappa shape index (κ1) is 13.1. The molecule has 0 saturated carbocycles. The summed E-state index contributed by atoms with van der Waals surface area (Å²) in [6.45, 7) is 2.80. The number of aromatic nitrogens is 1. The first-order chi connectivity index (χ1) is 8.72. The molecule has 0 saturated heterocycles. The summed E-state index contributed by atoms with van der Waals surface area (Å²) in [5, 5.41) is 1.12. The SMILES string of the molecule is COc1cccc(Cc2ncc(C(C)CN)s2)c1. The van der Waals surface area contributed by atoms with Gasteiger partial charge in [-0.05, 0) is 24.2 Å². The number of nitrogens with zero attached hydrogens (tertiary/aromatic N) is 1. The summed E-state index contributed by atoms with van der Waals surface area (Å²) in [5.74, 6) is 1.28. The van der Waals surface area contributed by atoms with Gasteiger partial charge in [0.15, 0.2) is 0 Å². The summed E-state index contributed by atoms with van der Waals surface area (Å²) >= 11 is 1.74. The zero-order valence-corrected chi connectivity index (χ0v) is 11.5. The van der Waals surface area contributed by atoms with E-state index in [1.807, 2.05) is 24.4 Å². The van der Waals surface area contributed by atoms with Gasteiger partial charge in [0.25, 0.3) is 0 Å². The summed E-state index contributed by atoms with van der Waals surface area (Å²) in [5.41, 5.74) is 6.88. The lowest BCUT2D eigenvalue weighted by atomic mass is 10.1. The number of benzene rings is 1. The van der Waals surface area contributed by atoms with Crippen molar-refractivity contribution in [1.29, 1.82) is 0 Å². The summed E-state index contributed by atoms with van der Waals surface area (Å²) in [6, 6.07) is 8.10. The van der Waals surface area contributed by atoms with E-state index in [0.29, 0.717) is 12.5 Å². The van der Waals surface area contributed by atoms with Gasteiger partial charge in [-0.1, -0.05) is 19.1 Å². The van der Waals surface area contributed by atoms with Crippen molar-refractivity contribution in [3.8, 4) is 5.75 Å². The molecule has 0 aliphatic heterocycles. The molecular weight excluding hydrogens is 244 g/mol. The second-order valence-corrected chi connectivity index (χ2v) is 5.47. The molecule has 0 fully saturated rings. The first-order valence-corrected chi connectivity index (χ1v) is 6.82. The quantitative estimate of drug-likeness (QED) is 0.901. The molecule has 0 amide bonds. The van der Waals surface area contributed by atoms with E-state index >= 15 is 0 Å². The van der Waals surface area contributed by atoms with E-state index in [1.54, 1.807) is 18.4 Å². The van der Waals surface area contributed by atoms with Crippen molar-refractivity contribution >= 4 is 11.3 Å². The molecule has 1 aromatic carbocycles. The van der Waals surface area contributed by atoms with Crippen molar-refractivity contribution in [2.24, 2.45) is 5.73 Å². The van der Waals surface area contributed by atoms with E-state index in [4.69, 9.17) is 10.5 Å². The van der Waals surface area contributed by atoms with Crippen LogP contribution in [0.1, 0.15) is 28.3 Å². The van der Waals surface area contributed by atoms with Gasteiger partial charge in [-0.25, -0.2) is 4.98 Å². The molecule has 1 atom stereocenters. The largest absolute Gasteiger partial charge is 0.497 e. The molecule has 2 rings (SSSR count). The highest BCUT2D eigenvalue weighted by atomic mass is 32.1. The molecule has 0 aliphatic carbocycles. The molecule has 1 unspecified atom stereocenters. The van der Waals surface area contributed by atoms with Crippen LogP contribution in [0.3, 0.4) is 0 Å². The van der Waals surface area contributed by atoms with Crippen LogP contribution in [0.5, 0.6) is 5.75 Å². The van der Waals surface area contributed by atoms with E-state index in [2.05, 4.69) is 18.0 Å². The van der Waals surface area contributed by atoms with Crippen LogP contribution in [-0.2, 0) is 6.42 Å². The molecule has 18 heavy (non-hydrogen) atoms. The Balaban J connectivity index is 2.11. The molecule has 96 valence electrons. The standard InChI is InChI=1S/C14H18N2OS/c1-10(8-15)13-9-16-14(18-13)7-11-4-3-5-12(6-11)17-2/h3-6,9-10H,7-8,15H2,1-2H3. The van der Waals surface area contributed by atoms with E-state index < -0.39 is 0 Å². The number of nitrogens with two attached hydrogens (primary N) is 1. The minimum Gasteiger partial charge on any atom is -0.497 e. The lowest BCUT2D eigenvalue weighted by Gasteiger charge is -2.03. The number of rotatable bonds is 5. The summed E-state index contributed by atoms with van der Waals surface area (Å²) in [7, 11) is 1.68. The Kier molecular flexibility index (Phi) is 4.33. The van der Waals surface area contributed by atoms with Crippen molar-refractivity contribution in [3.05, 3.63) is 45.9 Å². The fourth-order valence-electron chi connectivity index (χ4n) is 1.71. The molecule has 1 heterocycles. The summed E-state index contributed by atoms with van der Waals surface area (Å²) < 4.78 is 5.22. The predicted octanol–water partition coefficient (Wildman–Crippen LogP) is 2.80. The maximum Gasteiger partial charge on any atom is 0.119 e. The molecular formula is C14H18N2OS. The highest BCUT2D eigenvalue weighted by Crippen LogP contribution is 2.24. The number of hydrogen-bond donors (Lipinski definition) is 1. The second kappa shape index (κ2) is 5.98. The molecule has 0 aliphatic rings. The molecule has 3 nitrogen and oxygen atoms in total. The highest BCUT2D eigenvalue weighted by molar-refractivity contribution is 7.11. The summed E-state index contributed by atoms with van der Waals surface area (Å²) in [6.07, 6.45) is 2.79. The fourth-order valence-corrected chi connectivity index (χ4v) is 2.73. The average molecular weight is 262 g/mol. The van der Waals surface area contributed by atoms with Gasteiger partial charge in [0, 0.05) is 23.4 Å². The van der Waals surface area contributed by atoms with E-state index in [-0.39, 0.29) is 0 Å². The van der Waals surface area contributed by atoms with Crippen LogP contribution < -0.4 is 10.5 Å². The molecule has 0 spiro atoms. The van der Waals surface area contributed by atoms with Gasteiger partial charge in [-0.3, -0.25) is 0 Å². The van der Waals surface area contributed by atoms with Crippen LogP contribution in [0.2, 0.25) is 0 Å². The lowest BCUT2D eigenvalue weighted by molar-refractivity contribution is 0.414. The van der Waals surface area contributed by atoms with Crippen LogP contribution in [0.15, 0.2) is 30.5 Å². The van der Waals surface area contributed by atoms with Crippen molar-refractivity contribution in [2.45, 2.75) is 19.3 Å². The number of methoxy groups -OCH3 is 1. The van der Waals surface area contributed by atoms with Crippen molar-refractivity contribution in [1.82, 2.24) is 4.98 Å². The van der Waals surface area contributed by atoms with Crippen LogP contribution in [0.4, 0.5) is 0 Å². The van der Waals surface area contributed by atoms with Crippen LogP contribution in [-0.4, -0.2) is 18.6 Å². The molecule has 1 aromatic heterocycles. The molecule has 0 bridgehead atoms. The first-order valence-electron chi connectivity index (χ1n) is 6.00. The smallest absolute Gasteiger partial charge is 0.119 e. The number of ether oxygens (including phenoxy) is 1. The van der Waals surface area contributed by atoms with Gasteiger partial charge in [-0.2, -0.15) is 0 Å². The van der Waals surface area contributed by atoms with Gasteiger partial charge in [-0.15, -0.1) is 11.3 Å². The zero-order valence-electron chi connectivity index (χ0n) is 10.7. The zero-order chi connectivity index (χ0) is 13.0. The van der Waals surface area contributed by atoms with Gasteiger partial charge >= 0.3 is 0 Å². The monoisotopic (exact) mass is 262 g/mol. The molecule has 0 radical (unpaired) electrons. The molecule has 2 aromatic rings. The Bertz CT molecular complexity index is 510. The van der Waals surface area contributed by atoms with Crippen LogP contribution in [0.25, 0.3) is 0 Å². The molecule has 2 N–H and O–H groups in total. The summed E-state index contributed by atoms with van der Waals surface area (Å²) in [4.78, 5) is 5.72. The van der Waals surface area contributed by atoms with Crippen LogP contribution in [0, 0.1) is 0 Å². The average Bonchev–Trinajstić information content (AvgIpc) is 2.86. The lowest BCUT2D eigenvalue weighted by Crippen LogP contribution is -2.07. The van der Waals surface area contributed by atoms with E-state index in [1.165, 1.54) is 10.4 Å². The Labute approximate surface area is 112 Å². The normalized spacial score (nSPS) is 12.4. The third kappa shape index (κ3) is 3.09. The van der Waals surface area contributed by atoms with E-state index in [0.717, 1.165) is 17.2 Å². The number of thiazole rings is 1. The third-order valence-electron chi connectivity index (χ3n) is 2.90. The van der Waals surface area contributed by atoms with Gasteiger partial charge in [0.2, 0.25) is 0 Å². The van der Waals surface area contributed by atoms with Crippen LogP contribution >= 0.6 is 11.3 Å². The fraction of sp³-hybridized carbons (Fsp3) is 0.357. The van der Waals surface area contributed by atoms with Crippen molar-refractivity contribution < 1.29 is 4.74 Å². The molecule has 4 heteroatoms. The number of hydrogen-bond acceptors (Lipinski definition) is 4. The van der Waals surface area contributed by atoms with Gasteiger partial charge in [0.1, 0.15) is 5.75 Å². The second-order valence-electron chi connectivity index (χ2n) is 4.32. The topological polar surface area (TPSA) is 48.1 Å². The van der Waals surface area contributed by atoms with E-state index in [9.17, 15) is 0 Å². The van der Waals surface area contributed by atoms with Crippen molar-refractivity contribution in [3.63, 3.8) is 0 Å². The third-order valence-corrected chi connectivity index (χ3v) is 4.13. The Morgan fingerprint density at radius 3 is 3.00 bits per heavy atom. The van der Waals surface area contributed by atoms with Gasteiger partial charge in [0.05, 0.1) is 12.1 Å². The maximum absolute atomic E-state index is 5.67. The van der Waals surface area contributed by atoms with Gasteiger partial charge < -0.3 is 10.5 Å². The van der Waals surface area contributed by atoms with Crippen molar-refractivity contribution in [2.75, 3.05) is 13.7 Å². The highest BCUT2D eigenvalue weighted by Gasteiger charge is 2.09. The minimum absolute atomic E-state index is 0.390. The Hall–Kier alpha value is -1.39.